The fraction of sp³-hybridized carbons (Fsp3) is 0.316. The molecule has 6 heteroatoms. The Balaban J connectivity index is 2.01. The van der Waals surface area contributed by atoms with Gasteiger partial charge in [-0.1, -0.05) is 6.07 Å². The number of ether oxygens (including phenoxy) is 3. The van der Waals surface area contributed by atoms with Gasteiger partial charge in [0, 0.05) is 36.5 Å². The molecule has 132 valence electrons. The van der Waals surface area contributed by atoms with Gasteiger partial charge in [0.15, 0.2) is 0 Å². The molecule has 0 fully saturated rings. The van der Waals surface area contributed by atoms with Crippen molar-refractivity contribution in [1.82, 2.24) is 0 Å². The van der Waals surface area contributed by atoms with E-state index in [1.807, 2.05) is 18.2 Å². The van der Waals surface area contributed by atoms with Crippen molar-refractivity contribution in [2.75, 3.05) is 38.9 Å². The molecule has 0 saturated heterocycles. The van der Waals surface area contributed by atoms with Crippen molar-refractivity contribution >= 4 is 11.6 Å². The highest BCUT2D eigenvalue weighted by Crippen LogP contribution is 2.34. The van der Waals surface area contributed by atoms with Crippen LogP contribution >= 0.6 is 0 Å². The van der Waals surface area contributed by atoms with E-state index in [1.54, 1.807) is 18.1 Å². The summed E-state index contributed by atoms with van der Waals surface area (Å²) in [6, 6.07) is 10.2. The fourth-order valence-electron chi connectivity index (χ4n) is 2.92. The molecule has 2 aromatic carbocycles. The third-order valence-electron chi connectivity index (χ3n) is 4.15. The molecule has 0 aromatic heterocycles. The minimum atomic E-state index is -0.352. The molecular weight excluding hydrogens is 325 g/mol. The number of anilines is 1. The van der Waals surface area contributed by atoms with E-state index in [0.717, 1.165) is 22.4 Å². The molecule has 0 unspecified atom stereocenters. The molecule has 0 aliphatic carbocycles. The zero-order valence-electron chi connectivity index (χ0n) is 14.3. The first-order valence-electron chi connectivity index (χ1n) is 7.98. The Morgan fingerprint density at radius 1 is 1.16 bits per heavy atom. The van der Waals surface area contributed by atoms with Gasteiger partial charge in [0.2, 0.25) is 0 Å². The molecule has 1 amide bonds. The molecule has 0 saturated carbocycles. The van der Waals surface area contributed by atoms with Crippen LogP contribution in [0, 0.1) is 5.82 Å². The molecule has 3 rings (SSSR count). The average Bonchev–Trinajstić information content (AvgIpc) is 2.77. The first-order chi connectivity index (χ1) is 12.1. The number of carbonyl (C=O) groups excluding carboxylic acids is 1. The zero-order valence-corrected chi connectivity index (χ0v) is 14.3. The van der Waals surface area contributed by atoms with Gasteiger partial charge in [-0.2, -0.15) is 0 Å². The number of carbonyl (C=O) groups is 1. The van der Waals surface area contributed by atoms with Crippen LogP contribution in [-0.2, 0) is 20.9 Å². The monoisotopic (exact) mass is 345 g/mol. The van der Waals surface area contributed by atoms with Crippen LogP contribution in [0.15, 0.2) is 36.4 Å². The Hall–Kier alpha value is -2.44. The first-order valence-corrected chi connectivity index (χ1v) is 7.98. The van der Waals surface area contributed by atoms with Crippen molar-refractivity contribution in [3.63, 3.8) is 0 Å². The maximum absolute atomic E-state index is 13.4. The Morgan fingerprint density at radius 3 is 2.76 bits per heavy atom. The second-order valence-corrected chi connectivity index (χ2v) is 5.72. The molecule has 25 heavy (non-hydrogen) atoms. The van der Waals surface area contributed by atoms with E-state index in [9.17, 15) is 9.18 Å². The van der Waals surface area contributed by atoms with Gasteiger partial charge in [0.05, 0.1) is 20.3 Å². The number of fused-ring (bicyclic) bond motifs is 1. The van der Waals surface area contributed by atoms with Crippen molar-refractivity contribution in [2.45, 2.75) is 6.61 Å². The van der Waals surface area contributed by atoms with Gasteiger partial charge in [-0.05, 0) is 29.8 Å². The van der Waals surface area contributed by atoms with Gasteiger partial charge >= 0.3 is 0 Å². The molecular formula is C19H20FNO4. The summed E-state index contributed by atoms with van der Waals surface area (Å²) in [6.45, 7) is 1.28. The Bertz CT molecular complexity index is 778. The van der Waals surface area contributed by atoms with Crippen molar-refractivity contribution in [2.24, 2.45) is 0 Å². The quantitative estimate of drug-likeness (QED) is 0.836. The molecule has 2 aromatic rings. The molecule has 0 N–H and O–H groups in total. The van der Waals surface area contributed by atoms with E-state index in [-0.39, 0.29) is 18.3 Å². The normalized spacial score (nSPS) is 14.2. The number of benzene rings is 2. The highest BCUT2D eigenvalue weighted by molar-refractivity contribution is 5.96. The lowest BCUT2D eigenvalue weighted by atomic mass is 10.0. The van der Waals surface area contributed by atoms with Crippen LogP contribution < -0.4 is 9.64 Å². The van der Waals surface area contributed by atoms with Crippen LogP contribution in [0.2, 0.25) is 0 Å². The molecule has 1 aliphatic rings. The van der Waals surface area contributed by atoms with Gasteiger partial charge in [-0.3, -0.25) is 4.79 Å². The van der Waals surface area contributed by atoms with Crippen LogP contribution in [0.5, 0.6) is 5.75 Å². The molecule has 5 nitrogen and oxygen atoms in total. The fourth-order valence-corrected chi connectivity index (χ4v) is 2.92. The molecule has 0 bridgehead atoms. The van der Waals surface area contributed by atoms with Gasteiger partial charge in [-0.15, -0.1) is 0 Å². The molecule has 0 spiro atoms. The minimum absolute atomic E-state index is 0.0353. The molecule has 0 radical (unpaired) electrons. The summed E-state index contributed by atoms with van der Waals surface area (Å²) in [5.41, 5.74) is 3.36. The third kappa shape index (κ3) is 3.65. The van der Waals surface area contributed by atoms with E-state index in [2.05, 4.69) is 0 Å². The summed E-state index contributed by atoms with van der Waals surface area (Å²) < 4.78 is 29.3. The number of methoxy groups -OCH3 is 2. The van der Waals surface area contributed by atoms with Crippen LogP contribution in [0.25, 0.3) is 11.1 Å². The van der Waals surface area contributed by atoms with Crippen molar-refractivity contribution in [3.05, 3.63) is 47.8 Å². The lowest BCUT2D eigenvalue weighted by molar-refractivity contribution is -0.123. The lowest BCUT2D eigenvalue weighted by Gasteiger charge is -2.22. The maximum Gasteiger partial charge on any atom is 0.253 e. The number of amides is 1. The highest BCUT2D eigenvalue weighted by atomic mass is 19.1. The van der Waals surface area contributed by atoms with E-state index in [4.69, 9.17) is 14.2 Å². The second kappa shape index (κ2) is 7.63. The minimum Gasteiger partial charge on any atom is -0.496 e. The van der Waals surface area contributed by atoms with Crippen LogP contribution in [-0.4, -0.2) is 39.9 Å². The molecule has 0 atom stereocenters. The largest absolute Gasteiger partial charge is 0.496 e. The summed E-state index contributed by atoms with van der Waals surface area (Å²) in [4.78, 5) is 13.9. The maximum atomic E-state index is 13.4. The standard InChI is InChI=1S/C19H20FNO4/c1-23-8-7-21-17-6-3-13(9-14(17)11-25-12-19(21)22)16-5-4-15(20)10-18(16)24-2/h3-6,9-10H,7-8,11-12H2,1-2H3. The first kappa shape index (κ1) is 17.4. The molecule has 1 heterocycles. The summed E-state index contributed by atoms with van der Waals surface area (Å²) in [6.07, 6.45) is 0. The summed E-state index contributed by atoms with van der Waals surface area (Å²) in [7, 11) is 3.11. The topological polar surface area (TPSA) is 48.0 Å². The van der Waals surface area contributed by atoms with E-state index in [1.165, 1.54) is 19.2 Å². The zero-order chi connectivity index (χ0) is 17.8. The van der Waals surface area contributed by atoms with Crippen molar-refractivity contribution in [3.8, 4) is 16.9 Å². The Morgan fingerprint density at radius 2 is 2.00 bits per heavy atom. The van der Waals surface area contributed by atoms with Crippen molar-refractivity contribution < 1.29 is 23.4 Å². The average molecular weight is 345 g/mol. The predicted octanol–water partition coefficient (Wildman–Crippen LogP) is 3.01. The molecule has 1 aliphatic heterocycles. The summed E-state index contributed by atoms with van der Waals surface area (Å²) in [5, 5.41) is 0. The second-order valence-electron chi connectivity index (χ2n) is 5.72. The number of rotatable bonds is 5. The summed E-state index contributed by atoms with van der Waals surface area (Å²) >= 11 is 0. The summed E-state index contributed by atoms with van der Waals surface area (Å²) in [5.74, 6) is 0.0137. The lowest BCUT2D eigenvalue weighted by Crippen LogP contribution is -2.35. The third-order valence-corrected chi connectivity index (χ3v) is 4.15. The van der Waals surface area contributed by atoms with Gasteiger partial charge in [-0.25, -0.2) is 4.39 Å². The number of nitrogens with zero attached hydrogens (tertiary/aromatic N) is 1. The van der Waals surface area contributed by atoms with E-state index < -0.39 is 0 Å². The van der Waals surface area contributed by atoms with E-state index in [0.29, 0.717) is 25.5 Å². The van der Waals surface area contributed by atoms with Gasteiger partial charge in [0.25, 0.3) is 5.91 Å². The number of halogens is 1. The smallest absolute Gasteiger partial charge is 0.253 e. The number of hydrogen-bond acceptors (Lipinski definition) is 4. The SMILES string of the molecule is COCCN1C(=O)COCc2cc(-c3ccc(F)cc3OC)ccc21. The van der Waals surface area contributed by atoms with E-state index >= 15 is 0 Å². The van der Waals surface area contributed by atoms with Crippen LogP contribution in [0.1, 0.15) is 5.56 Å². The van der Waals surface area contributed by atoms with Gasteiger partial charge < -0.3 is 19.1 Å². The van der Waals surface area contributed by atoms with Crippen molar-refractivity contribution in [1.29, 1.82) is 0 Å². The predicted molar refractivity (Wildman–Crippen MR) is 92.3 cm³/mol. The van der Waals surface area contributed by atoms with Crippen LogP contribution in [0.4, 0.5) is 10.1 Å². The van der Waals surface area contributed by atoms with Crippen LogP contribution in [0.3, 0.4) is 0 Å². The number of hydrogen-bond donors (Lipinski definition) is 0. The van der Waals surface area contributed by atoms with Gasteiger partial charge in [0.1, 0.15) is 18.2 Å². The highest BCUT2D eigenvalue weighted by Gasteiger charge is 2.23. The Kier molecular flexibility index (Phi) is 5.31. The Labute approximate surface area is 145 Å².